The minimum Gasteiger partial charge on any atom is -0.346 e. The molecular weight excluding hydrogens is 442 g/mol. The molecule has 0 aliphatic carbocycles. The summed E-state index contributed by atoms with van der Waals surface area (Å²) in [5.41, 5.74) is 2.61. The van der Waals surface area contributed by atoms with Gasteiger partial charge < -0.3 is 4.98 Å². The van der Waals surface area contributed by atoms with Crippen molar-refractivity contribution in [3.05, 3.63) is 43.2 Å². The van der Waals surface area contributed by atoms with Crippen molar-refractivity contribution < 1.29 is 8.42 Å². The van der Waals surface area contributed by atoms with Crippen molar-refractivity contribution in [2.45, 2.75) is 24.4 Å². The molecule has 0 bridgehead atoms. The molecule has 1 unspecified atom stereocenters. The molecule has 33 heavy (non-hydrogen) atoms. The number of aryl methyl sites for hydroxylation is 1. The molecule has 0 aromatic carbocycles. The van der Waals surface area contributed by atoms with Gasteiger partial charge in [-0.05, 0) is 18.6 Å². The topological polar surface area (TPSA) is 118 Å². The molecule has 5 rings (SSSR count). The van der Waals surface area contributed by atoms with Crippen LogP contribution in [0.5, 0.6) is 0 Å². The van der Waals surface area contributed by atoms with Gasteiger partial charge in [0.05, 0.1) is 17.9 Å². The van der Waals surface area contributed by atoms with Gasteiger partial charge in [-0.3, -0.25) is 14.3 Å². The molecule has 1 N–H and O–H groups in total. The normalized spacial score (nSPS) is 17.0. The summed E-state index contributed by atoms with van der Waals surface area (Å²) in [6, 6.07) is 3.70. The van der Waals surface area contributed by atoms with E-state index in [1.54, 1.807) is 25.6 Å². The molecule has 1 saturated heterocycles. The first-order valence-electron chi connectivity index (χ1n) is 11.0. The molecule has 12 heteroatoms. The van der Waals surface area contributed by atoms with Crippen LogP contribution in [0.2, 0.25) is 0 Å². The third kappa shape index (κ3) is 4.16. The lowest BCUT2D eigenvalue weighted by molar-refractivity contribution is 0.160. The monoisotopic (exact) mass is 469 g/mol. The highest BCUT2D eigenvalue weighted by atomic mass is 32.2. The molecule has 1 aliphatic heterocycles. The molecule has 0 saturated carbocycles. The van der Waals surface area contributed by atoms with Crippen LogP contribution in [-0.4, -0.2) is 84.9 Å². The van der Waals surface area contributed by atoms with Crippen LogP contribution in [0.15, 0.2) is 48.3 Å². The van der Waals surface area contributed by atoms with E-state index in [1.165, 1.54) is 8.99 Å². The highest BCUT2D eigenvalue weighted by Gasteiger charge is 2.31. The minimum absolute atomic E-state index is 0.107. The van der Waals surface area contributed by atoms with Crippen LogP contribution in [0, 0.1) is 0 Å². The van der Waals surface area contributed by atoms with Crippen molar-refractivity contribution in [3.63, 3.8) is 0 Å². The number of sulfonamides is 1. The number of piperazine rings is 1. The largest absolute Gasteiger partial charge is 0.346 e. The Morgan fingerprint density at radius 3 is 2.70 bits per heavy atom. The Hall–Kier alpha value is -3.09. The van der Waals surface area contributed by atoms with E-state index in [0.717, 1.165) is 35.3 Å². The fraction of sp³-hybridized carbons (Fsp3) is 0.429. The molecule has 11 nitrogen and oxygen atoms in total. The van der Waals surface area contributed by atoms with E-state index < -0.39 is 10.0 Å². The number of H-pyrrole nitrogens is 1. The molecule has 1 fully saturated rings. The average Bonchev–Trinajstić information content (AvgIpc) is 3.58. The third-order valence-electron chi connectivity index (χ3n) is 6.17. The van der Waals surface area contributed by atoms with Crippen LogP contribution in [0.3, 0.4) is 0 Å². The fourth-order valence-electron chi connectivity index (χ4n) is 4.28. The zero-order valence-electron chi connectivity index (χ0n) is 18.7. The summed E-state index contributed by atoms with van der Waals surface area (Å²) < 4.78 is 30.7. The molecule has 0 spiro atoms. The van der Waals surface area contributed by atoms with Gasteiger partial charge in [0.25, 0.3) is 10.0 Å². The number of aromatic nitrogens is 7. The van der Waals surface area contributed by atoms with E-state index >= 15 is 0 Å². The Kier molecular flexibility index (Phi) is 5.72. The predicted octanol–water partition coefficient (Wildman–Crippen LogP) is 1.51. The van der Waals surface area contributed by atoms with Crippen molar-refractivity contribution >= 4 is 21.1 Å². The summed E-state index contributed by atoms with van der Waals surface area (Å²) in [6.45, 7) is 5.19. The minimum atomic E-state index is -3.55. The van der Waals surface area contributed by atoms with Crippen molar-refractivity contribution in [1.29, 1.82) is 0 Å². The number of nitrogens with zero attached hydrogens (tertiary/aromatic N) is 8. The van der Waals surface area contributed by atoms with E-state index in [1.807, 2.05) is 29.3 Å². The molecule has 5 heterocycles. The molecular formula is C21H27N9O2S. The maximum atomic E-state index is 12.8. The van der Waals surface area contributed by atoms with Crippen LogP contribution in [0.1, 0.15) is 19.4 Å². The molecule has 4 aromatic heterocycles. The summed E-state index contributed by atoms with van der Waals surface area (Å²) in [5, 5.41) is 9.77. The zero-order chi connectivity index (χ0) is 23.0. The first kappa shape index (κ1) is 21.7. The second-order valence-corrected chi connectivity index (χ2v) is 10.2. The second-order valence-electron chi connectivity index (χ2n) is 8.27. The number of nitrogens with one attached hydrogen (secondary N) is 1. The third-order valence-corrected chi connectivity index (χ3v) is 7.96. The number of rotatable bonds is 7. The van der Waals surface area contributed by atoms with Gasteiger partial charge in [0.1, 0.15) is 12.0 Å². The first-order valence-corrected chi connectivity index (χ1v) is 12.4. The Morgan fingerprint density at radius 1 is 1.15 bits per heavy atom. The predicted molar refractivity (Wildman–Crippen MR) is 123 cm³/mol. The zero-order valence-corrected chi connectivity index (χ0v) is 19.5. The lowest BCUT2D eigenvalue weighted by Gasteiger charge is -2.35. The first-order chi connectivity index (χ1) is 16.0. The standard InChI is InChI=1S/C21H27N9O2S/c1-3-17(30-13-16(12-25-30)20-18-4-6-22-21(18)24-15-23-20)14-28-8-10-29(11-9-28)33(31,32)19-5-7-27(2)26-19/h4-7,12-13,15,17H,3,8-11,14H2,1-2H3,(H,22,23,24). The fourth-order valence-corrected chi connectivity index (χ4v) is 5.65. The van der Waals surface area contributed by atoms with Crippen molar-refractivity contribution in [2.75, 3.05) is 32.7 Å². The van der Waals surface area contributed by atoms with E-state index in [9.17, 15) is 8.42 Å². The smallest absolute Gasteiger partial charge is 0.262 e. The van der Waals surface area contributed by atoms with Crippen LogP contribution >= 0.6 is 0 Å². The van der Waals surface area contributed by atoms with Gasteiger partial charge in [-0.25, -0.2) is 18.4 Å². The molecule has 1 aliphatic rings. The number of hydrogen-bond donors (Lipinski definition) is 1. The van der Waals surface area contributed by atoms with Gasteiger partial charge in [-0.1, -0.05) is 6.92 Å². The van der Waals surface area contributed by atoms with Gasteiger partial charge in [-0.15, -0.1) is 0 Å². The van der Waals surface area contributed by atoms with Gasteiger partial charge in [0.2, 0.25) is 0 Å². The van der Waals surface area contributed by atoms with E-state index in [-0.39, 0.29) is 11.1 Å². The average molecular weight is 470 g/mol. The van der Waals surface area contributed by atoms with Crippen LogP contribution < -0.4 is 0 Å². The molecule has 4 aromatic rings. The van der Waals surface area contributed by atoms with E-state index in [4.69, 9.17) is 0 Å². The number of aromatic amines is 1. The summed E-state index contributed by atoms with van der Waals surface area (Å²) in [5.74, 6) is 0. The van der Waals surface area contributed by atoms with E-state index in [0.29, 0.717) is 26.2 Å². The Labute approximate surface area is 192 Å². The van der Waals surface area contributed by atoms with E-state index in [2.05, 4.69) is 37.0 Å². The Morgan fingerprint density at radius 2 is 1.97 bits per heavy atom. The highest BCUT2D eigenvalue weighted by molar-refractivity contribution is 7.89. The van der Waals surface area contributed by atoms with Gasteiger partial charge in [0, 0.05) is 69.3 Å². The molecule has 0 amide bonds. The lowest BCUT2D eigenvalue weighted by atomic mass is 10.1. The van der Waals surface area contributed by atoms with Crippen molar-refractivity contribution in [3.8, 4) is 11.3 Å². The second kappa shape index (κ2) is 8.69. The summed E-state index contributed by atoms with van der Waals surface area (Å²) >= 11 is 0. The maximum absolute atomic E-state index is 12.8. The number of hydrogen-bond acceptors (Lipinski definition) is 7. The van der Waals surface area contributed by atoms with Gasteiger partial charge in [-0.2, -0.15) is 14.5 Å². The molecule has 1 atom stereocenters. The maximum Gasteiger partial charge on any atom is 0.262 e. The summed E-state index contributed by atoms with van der Waals surface area (Å²) in [7, 11) is -1.83. The Bertz CT molecular complexity index is 1350. The Balaban J connectivity index is 1.25. The van der Waals surface area contributed by atoms with Crippen LogP contribution in [0.4, 0.5) is 0 Å². The molecule has 174 valence electrons. The lowest BCUT2D eigenvalue weighted by Crippen LogP contribution is -2.49. The van der Waals surface area contributed by atoms with Gasteiger partial charge >= 0.3 is 0 Å². The number of fused-ring (bicyclic) bond motifs is 1. The van der Waals surface area contributed by atoms with Crippen molar-refractivity contribution in [1.82, 2.24) is 43.7 Å². The quantitative estimate of drug-likeness (QED) is 0.436. The van der Waals surface area contributed by atoms with Crippen LogP contribution in [-0.2, 0) is 17.1 Å². The SMILES string of the molecule is CCC(CN1CCN(S(=O)(=O)c2ccn(C)n2)CC1)n1cc(-c2ncnc3[nH]ccc23)cn1. The molecule has 0 radical (unpaired) electrons. The van der Waals surface area contributed by atoms with Crippen molar-refractivity contribution in [2.24, 2.45) is 7.05 Å². The summed E-state index contributed by atoms with van der Waals surface area (Å²) in [6.07, 6.45) is 9.85. The van der Waals surface area contributed by atoms with Crippen LogP contribution in [0.25, 0.3) is 22.3 Å². The summed E-state index contributed by atoms with van der Waals surface area (Å²) in [4.78, 5) is 14.1. The highest BCUT2D eigenvalue weighted by Crippen LogP contribution is 2.26. The van der Waals surface area contributed by atoms with Gasteiger partial charge in [0.15, 0.2) is 5.03 Å².